The number of hydrogen-bond donors (Lipinski definition) is 4. The molecular formula is C19H32O8. The SMILES string of the molecule is CC(=O)CC[C@H]1C2(C)COC1(C)C[C@@H](O[C@@H]1O[C@H](CO)[C@@H](O)[C@H](O)[C@H]1O)C2. The lowest BCUT2D eigenvalue weighted by Crippen LogP contribution is -2.60. The molecule has 2 saturated heterocycles. The van der Waals surface area contributed by atoms with E-state index in [0.29, 0.717) is 25.9 Å². The van der Waals surface area contributed by atoms with E-state index in [-0.39, 0.29) is 23.2 Å². The van der Waals surface area contributed by atoms with Crippen LogP contribution >= 0.6 is 0 Å². The summed E-state index contributed by atoms with van der Waals surface area (Å²) >= 11 is 0. The highest BCUT2D eigenvalue weighted by atomic mass is 16.7. The molecule has 8 nitrogen and oxygen atoms in total. The monoisotopic (exact) mass is 388 g/mol. The van der Waals surface area contributed by atoms with Crippen LogP contribution < -0.4 is 0 Å². The summed E-state index contributed by atoms with van der Waals surface area (Å²) in [5, 5.41) is 39.4. The number of ketones is 1. The molecule has 0 aromatic rings. The maximum Gasteiger partial charge on any atom is 0.186 e. The smallest absolute Gasteiger partial charge is 0.186 e. The molecule has 3 fully saturated rings. The molecule has 2 bridgehead atoms. The summed E-state index contributed by atoms with van der Waals surface area (Å²) in [6, 6.07) is 0. The first-order valence-corrected chi connectivity index (χ1v) is 9.69. The molecular weight excluding hydrogens is 356 g/mol. The van der Waals surface area contributed by atoms with Gasteiger partial charge in [-0.2, -0.15) is 0 Å². The second-order valence-electron chi connectivity index (χ2n) is 8.91. The lowest BCUT2D eigenvalue weighted by atomic mass is 9.61. The van der Waals surface area contributed by atoms with Crippen LogP contribution in [0.3, 0.4) is 0 Å². The van der Waals surface area contributed by atoms with Gasteiger partial charge in [0.05, 0.1) is 24.9 Å². The molecule has 9 atom stereocenters. The Morgan fingerprint density at radius 2 is 1.85 bits per heavy atom. The van der Waals surface area contributed by atoms with Gasteiger partial charge in [-0.15, -0.1) is 0 Å². The quantitative estimate of drug-likeness (QED) is 0.491. The van der Waals surface area contributed by atoms with Crippen molar-refractivity contribution in [3.63, 3.8) is 0 Å². The third-order valence-corrected chi connectivity index (χ3v) is 6.60. The Bertz CT molecular complexity index is 534. The number of carbonyl (C=O) groups excluding carboxylic acids is 1. The molecule has 1 saturated carbocycles. The van der Waals surface area contributed by atoms with Crippen molar-refractivity contribution in [3.05, 3.63) is 0 Å². The van der Waals surface area contributed by atoms with E-state index >= 15 is 0 Å². The molecule has 0 spiro atoms. The van der Waals surface area contributed by atoms with E-state index in [1.165, 1.54) is 0 Å². The van der Waals surface area contributed by atoms with Gasteiger partial charge >= 0.3 is 0 Å². The van der Waals surface area contributed by atoms with Crippen LogP contribution in [0.5, 0.6) is 0 Å². The highest BCUT2D eigenvalue weighted by Gasteiger charge is 2.59. The van der Waals surface area contributed by atoms with Crippen molar-refractivity contribution < 1.29 is 39.4 Å². The third kappa shape index (κ3) is 3.94. The minimum absolute atomic E-state index is 0.152. The van der Waals surface area contributed by atoms with Crippen LogP contribution in [-0.4, -0.2) is 81.8 Å². The van der Waals surface area contributed by atoms with Crippen molar-refractivity contribution in [1.82, 2.24) is 0 Å². The first kappa shape index (κ1) is 21.1. The molecule has 3 aliphatic rings. The van der Waals surface area contributed by atoms with Crippen LogP contribution in [-0.2, 0) is 19.0 Å². The van der Waals surface area contributed by atoms with E-state index in [0.717, 1.165) is 6.42 Å². The van der Waals surface area contributed by atoms with Gasteiger partial charge in [0.2, 0.25) is 0 Å². The fourth-order valence-corrected chi connectivity index (χ4v) is 5.18. The van der Waals surface area contributed by atoms with E-state index in [2.05, 4.69) is 6.92 Å². The highest BCUT2D eigenvalue weighted by Crippen LogP contribution is 2.56. The Hall–Kier alpha value is -0.610. The predicted molar refractivity (Wildman–Crippen MR) is 93.7 cm³/mol. The maximum absolute atomic E-state index is 11.4. The van der Waals surface area contributed by atoms with Crippen molar-refractivity contribution in [2.75, 3.05) is 13.2 Å². The highest BCUT2D eigenvalue weighted by molar-refractivity contribution is 5.75. The fraction of sp³-hybridized carbons (Fsp3) is 0.947. The Morgan fingerprint density at radius 3 is 2.44 bits per heavy atom. The standard InChI is InChI=1S/C19H32O8/c1-10(21)4-5-13-18(2)6-11(7-19(13,3)25-9-18)26-17-16(24)15(23)14(22)12(8-20)27-17/h11-17,20,22-24H,4-9H2,1-3H3/t11-,12+,13-,14+,15-,16+,17+,18?,19?/m0/s1. The van der Waals surface area contributed by atoms with E-state index in [1.807, 2.05) is 6.92 Å². The summed E-state index contributed by atoms with van der Waals surface area (Å²) in [4.78, 5) is 11.4. The van der Waals surface area contributed by atoms with Gasteiger partial charge in [0, 0.05) is 12.8 Å². The van der Waals surface area contributed by atoms with Gasteiger partial charge in [0.15, 0.2) is 6.29 Å². The summed E-state index contributed by atoms with van der Waals surface area (Å²) in [5.41, 5.74) is -0.581. The molecule has 8 heteroatoms. The van der Waals surface area contributed by atoms with E-state index in [4.69, 9.17) is 14.2 Å². The number of carbonyl (C=O) groups is 1. The molecule has 0 aromatic carbocycles. The molecule has 4 N–H and O–H groups in total. The van der Waals surface area contributed by atoms with Crippen molar-refractivity contribution in [2.45, 2.75) is 88.9 Å². The van der Waals surface area contributed by atoms with Gasteiger partial charge < -0.3 is 39.4 Å². The number of rotatable bonds is 6. The molecule has 3 rings (SSSR count). The second-order valence-corrected chi connectivity index (χ2v) is 8.91. The van der Waals surface area contributed by atoms with Crippen LogP contribution in [0.25, 0.3) is 0 Å². The molecule has 1 aliphatic carbocycles. The Morgan fingerprint density at radius 1 is 1.15 bits per heavy atom. The normalized spacial score (nSPS) is 50.0. The lowest BCUT2D eigenvalue weighted by Gasteiger charge is -2.47. The molecule has 2 unspecified atom stereocenters. The Labute approximate surface area is 159 Å². The minimum atomic E-state index is -1.45. The molecule has 0 radical (unpaired) electrons. The average molecular weight is 388 g/mol. The topological polar surface area (TPSA) is 126 Å². The number of aliphatic hydroxyl groups excluding tert-OH is 4. The van der Waals surface area contributed by atoms with Crippen LogP contribution in [0.2, 0.25) is 0 Å². The number of hydrogen-bond acceptors (Lipinski definition) is 8. The summed E-state index contributed by atoms with van der Waals surface area (Å²) in [5.74, 6) is 0.407. The predicted octanol–water partition coefficient (Wildman–Crippen LogP) is -0.254. The Balaban J connectivity index is 1.69. The molecule has 0 amide bonds. The molecule has 2 aliphatic heterocycles. The van der Waals surface area contributed by atoms with Crippen LogP contribution in [0.4, 0.5) is 0 Å². The zero-order valence-electron chi connectivity index (χ0n) is 16.2. The van der Waals surface area contributed by atoms with Crippen molar-refractivity contribution in [2.24, 2.45) is 11.3 Å². The van der Waals surface area contributed by atoms with Crippen molar-refractivity contribution in [1.29, 1.82) is 0 Å². The number of ether oxygens (including phenoxy) is 3. The van der Waals surface area contributed by atoms with Crippen molar-refractivity contribution in [3.8, 4) is 0 Å². The largest absolute Gasteiger partial charge is 0.394 e. The summed E-state index contributed by atoms with van der Waals surface area (Å²) in [6.07, 6.45) is -4.08. The van der Waals surface area contributed by atoms with E-state index < -0.39 is 42.9 Å². The fourth-order valence-electron chi connectivity index (χ4n) is 5.18. The Kier molecular flexibility index (Phi) is 5.99. The summed E-state index contributed by atoms with van der Waals surface area (Å²) < 4.78 is 17.6. The zero-order chi connectivity index (χ0) is 20.0. The van der Waals surface area contributed by atoms with Gasteiger partial charge in [-0.3, -0.25) is 0 Å². The maximum atomic E-state index is 11.4. The number of Topliss-reactive ketones (excluding diaryl/α,β-unsaturated/α-hetero) is 1. The van der Waals surface area contributed by atoms with Gasteiger partial charge in [-0.05, 0) is 38.0 Å². The van der Waals surface area contributed by atoms with Crippen LogP contribution in [0.1, 0.15) is 46.5 Å². The van der Waals surface area contributed by atoms with Crippen LogP contribution in [0, 0.1) is 11.3 Å². The molecule has 27 heavy (non-hydrogen) atoms. The number of fused-ring (bicyclic) bond motifs is 2. The average Bonchev–Trinajstić information content (AvgIpc) is 2.74. The first-order chi connectivity index (χ1) is 12.6. The van der Waals surface area contributed by atoms with E-state index in [9.17, 15) is 25.2 Å². The van der Waals surface area contributed by atoms with E-state index in [1.54, 1.807) is 6.92 Å². The first-order valence-electron chi connectivity index (χ1n) is 9.69. The molecule has 156 valence electrons. The summed E-state index contributed by atoms with van der Waals surface area (Å²) in [6.45, 7) is 5.86. The lowest BCUT2D eigenvalue weighted by molar-refractivity contribution is -0.317. The van der Waals surface area contributed by atoms with Crippen LogP contribution in [0.15, 0.2) is 0 Å². The minimum Gasteiger partial charge on any atom is -0.394 e. The molecule has 0 aromatic heterocycles. The summed E-state index contributed by atoms with van der Waals surface area (Å²) in [7, 11) is 0. The zero-order valence-corrected chi connectivity index (χ0v) is 16.2. The van der Waals surface area contributed by atoms with Gasteiger partial charge in [0.25, 0.3) is 0 Å². The van der Waals surface area contributed by atoms with Gasteiger partial charge in [-0.1, -0.05) is 6.92 Å². The second kappa shape index (κ2) is 7.67. The van der Waals surface area contributed by atoms with Crippen molar-refractivity contribution >= 4 is 5.78 Å². The van der Waals surface area contributed by atoms with Gasteiger partial charge in [-0.25, -0.2) is 0 Å². The molecule has 2 heterocycles. The van der Waals surface area contributed by atoms with Gasteiger partial charge in [0.1, 0.15) is 30.2 Å². The number of aliphatic hydroxyl groups is 4. The third-order valence-electron chi connectivity index (χ3n) is 6.60.